The topological polar surface area (TPSA) is 47.6 Å². The van der Waals surface area contributed by atoms with Crippen LogP contribution in [0.1, 0.15) is 24.1 Å². The van der Waals surface area contributed by atoms with Crippen LogP contribution in [0.2, 0.25) is 0 Å². The van der Waals surface area contributed by atoms with Gasteiger partial charge in [-0.2, -0.15) is 0 Å². The van der Waals surface area contributed by atoms with Gasteiger partial charge < -0.3 is 14.8 Å². The lowest BCUT2D eigenvalue weighted by Crippen LogP contribution is -2.27. The monoisotopic (exact) mass is 335 g/mol. The number of halogens is 2. The molecule has 0 radical (unpaired) electrons. The quantitative estimate of drug-likeness (QED) is 0.826. The van der Waals surface area contributed by atoms with Gasteiger partial charge in [0.2, 0.25) is 0 Å². The van der Waals surface area contributed by atoms with E-state index in [4.69, 9.17) is 9.47 Å². The van der Waals surface area contributed by atoms with Gasteiger partial charge in [0.1, 0.15) is 19.9 Å². The highest BCUT2D eigenvalue weighted by Crippen LogP contribution is 2.22. The van der Waals surface area contributed by atoms with Crippen molar-refractivity contribution < 1.29 is 23.0 Å². The first-order valence-electron chi connectivity index (χ1n) is 7.55. The molecule has 2 aromatic carbocycles. The Bertz CT molecular complexity index is 665. The Morgan fingerprint density at radius 2 is 1.96 bits per heavy atom. The predicted molar refractivity (Wildman–Crippen MR) is 86.0 cm³/mol. The summed E-state index contributed by atoms with van der Waals surface area (Å²) in [4.78, 5) is 11.8. The molecule has 0 saturated carbocycles. The summed E-state index contributed by atoms with van der Waals surface area (Å²) in [5.74, 6) is -0.623. The number of carbonyl (C=O) groups excluding carboxylic acids is 1. The van der Waals surface area contributed by atoms with Gasteiger partial charge >= 0.3 is 6.09 Å². The average molecular weight is 335 g/mol. The molecule has 0 fully saturated rings. The number of alkyl halides is 1. The summed E-state index contributed by atoms with van der Waals surface area (Å²) in [5, 5.41) is 2.63. The molecule has 1 amide bonds. The zero-order chi connectivity index (χ0) is 17.4. The standard InChI is InChI=1S/C18H19F2NO3/c1-13(15-7-8-17(16(20)11-15)23-10-9-19)21-18(22)24-12-14-5-3-2-4-6-14/h2-8,11,13H,9-10,12H2,1H3,(H,21,22)/t13-/m1/s1. The lowest BCUT2D eigenvalue weighted by atomic mass is 10.1. The molecule has 2 aromatic rings. The van der Waals surface area contributed by atoms with E-state index in [1.54, 1.807) is 13.0 Å². The smallest absolute Gasteiger partial charge is 0.407 e. The van der Waals surface area contributed by atoms with Crippen LogP contribution in [0.3, 0.4) is 0 Å². The van der Waals surface area contributed by atoms with E-state index < -0.39 is 24.6 Å². The van der Waals surface area contributed by atoms with Gasteiger partial charge in [-0.1, -0.05) is 36.4 Å². The molecule has 0 unspecified atom stereocenters. The van der Waals surface area contributed by atoms with E-state index in [9.17, 15) is 13.6 Å². The van der Waals surface area contributed by atoms with Crippen LogP contribution in [-0.4, -0.2) is 19.4 Å². The van der Waals surface area contributed by atoms with Crippen LogP contribution in [0.25, 0.3) is 0 Å². The second kappa shape index (κ2) is 8.86. The minimum atomic E-state index is -0.688. The van der Waals surface area contributed by atoms with Gasteiger partial charge in [0.05, 0.1) is 6.04 Å². The third-order valence-electron chi connectivity index (χ3n) is 3.34. The Labute approximate surface area is 139 Å². The molecule has 0 saturated heterocycles. The van der Waals surface area contributed by atoms with E-state index in [1.165, 1.54) is 12.1 Å². The van der Waals surface area contributed by atoms with Crippen LogP contribution >= 0.6 is 0 Å². The molecular weight excluding hydrogens is 316 g/mol. The maximum atomic E-state index is 13.8. The molecule has 0 bridgehead atoms. The average Bonchev–Trinajstić information content (AvgIpc) is 2.59. The van der Waals surface area contributed by atoms with Crippen LogP contribution < -0.4 is 10.1 Å². The largest absolute Gasteiger partial charge is 0.488 e. The summed E-state index contributed by atoms with van der Waals surface area (Å²) >= 11 is 0. The molecule has 6 heteroatoms. The molecule has 0 aromatic heterocycles. The molecule has 4 nitrogen and oxygen atoms in total. The Balaban J connectivity index is 1.88. The van der Waals surface area contributed by atoms with Crippen molar-refractivity contribution in [2.75, 3.05) is 13.3 Å². The Hall–Kier alpha value is -2.63. The number of hydrogen-bond acceptors (Lipinski definition) is 3. The number of hydrogen-bond donors (Lipinski definition) is 1. The summed E-state index contributed by atoms with van der Waals surface area (Å²) in [6.45, 7) is 0.979. The van der Waals surface area contributed by atoms with Crippen molar-refractivity contribution in [3.05, 3.63) is 65.5 Å². The van der Waals surface area contributed by atoms with Crippen molar-refractivity contribution >= 4 is 6.09 Å². The molecule has 128 valence electrons. The molecule has 1 atom stereocenters. The van der Waals surface area contributed by atoms with Crippen LogP contribution in [0.15, 0.2) is 48.5 Å². The van der Waals surface area contributed by atoms with E-state index in [-0.39, 0.29) is 19.0 Å². The summed E-state index contributed by atoms with van der Waals surface area (Å²) in [7, 11) is 0. The molecule has 0 aliphatic carbocycles. The lowest BCUT2D eigenvalue weighted by molar-refractivity contribution is 0.136. The van der Waals surface area contributed by atoms with Gasteiger partial charge in [-0.3, -0.25) is 0 Å². The van der Waals surface area contributed by atoms with Crippen molar-refractivity contribution in [3.8, 4) is 5.75 Å². The Morgan fingerprint density at radius 3 is 2.62 bits per heavy atom. The predicted octanol–water partition coefficient (Wildman–Crippen LogP) is 4.16. The fraction of sp³-hybridized carbons (Fsp3) is 0.278. The summed E-state index contributed by atoms with van der Waals surface area (Å²) in [5.41, 5.74) is 1.43. The highest BCUT2D eigenvalue weighted by atomic mass is 19.1. The molecule has 2 rings (SSSR count). The minimum absolute atomic E-state index is 0.0183. The maximum Gasteiger partial charge on any atom is 0.407 e. The first-order chi connectivity index (χ1) is 11.6. The summed E-state index contributed by atoms with van der Waals surface area (Å²) in [6, 6.07) is 13.1. The number of benzene rings is 2. The number of rotatable bonds is 7. The SMILES string of the molecule is C[C@@H](NC(=O)OCc1ccccc1)c1ccc(OCCF)c(F)c1. The van der Waals surface area contributed by atoms with Crippen LogP contribution in [-0.2, 0) is 11.3 Å². The van der Waals surface area contributed by atoms with Crippen molar-refractivity contribution in [2.24, 2.45) is 0 Å². The van der Waals surface area contributed by atoms with E-state index in [2.05, 4.69) is 5.32 Å². The molecule has 0 aliphatic heterocycles. The summed E-state index contributed by atoms with van der Waals surface area (Å²) in [6.07, 6.45) is -0.593. The first kappa shape index (κ1) is 17.7. The van der Waals surface area contributed by atoms with E-state index in [0.717, 1.165) is 5.56 Å². The van der Waals surface area contributed by atoms with Gasteiger partial charge in [0, 0.05) is 0 Å². The van der Waals surface area contributed by atoms with Gasteiger partial charge in [0.25, 0.3) is 0 Å². The van der Waals surface area contributed by atoms with Crippen molar-refractivity contribution in [3.63, 3.8) is 0 Å². The van der Waals surface area contributed by atoms with E-state index in [0.29, 0.717) is 5.56 Å². The zero-order valence-electron chi connectivity index (χ0n) is 13.3. The van der Waals surface area contributed by atoms with Crippen molar-refractivity contribution in [2.45, 2.75) is 19.6 Å². The fourth-order valence-electron chi connectivity index (χ4n) is 2.08. The minimum Gasteiger partial charge on any atom is -0.488 e. The van der Waals surface area contributed by atoms with E-state index in [1.807, 2.05) is 30.3 Å². The molecule has 0 heterocycles. The highest BCUT2D eigenvalue weighted by molar-refractivity contribution is 5.67. The Kier molecular flexibility index (Phi) is 6.54. The second-order valence-corrected chi connectivity index (χ2v) is 5.16. The number of ether oxygens (including phenoxy) is 2. The first-order valence-corrected chi connectivity index (χ1v) is 7.55. The van der Waals surface area contributed by atoms with Crippen LogP contribution in [0, 0.1) is 5.82 Å². The molecular formula is C18H19F2NO3. The summed E-state index contributed by atoms with van der Waals surface area (Å²) < 4.78 is 35.9. The van der Waals surface area contributed by atoms with Crippen LogP contribution in [0.4, 0.5) is 13.6 Å². The number of nitrogens with one attached hydrogen (secondary N) is 1. The molecule has 1 N–H and O–H groups in total. The van der Waals surface area contributed by atoms with Crippen molar-refractivity contribution in [1.29, 1.82) is 0 Å². The van der Waals surface area contributed by atoms with Gasteiger partial charge in [-0.05, 0) is 30.2 Å². The highest BCUT2D eigenvalue weighted by Gasteiger charge is 2.13. The zero-order valence-corrected chi connectivity index (χ0v) is 13.3. The van der Waals surface area contributed by atoms with Gasteiger partial charge in [-0.15, -0.1) is 0 Å². The molecule has 24 heavy (non-hydrogen) atoms. The second-order valence-electron chi connectivity index (χ2n) is 5.16. The third-order valence-corrected chi connectivity index (χ3v) is 3.34. The maximum absolute atomic E-state index is 13.8. The molecule has 0 spiro atoms. The van der Waals surface area contributed by atoms with Crippen molar-refractivity contribution in [1.82, 2.24) is 5.32 Å². The number of alkyl carbamates (subject to hydrolysis) is 1. The lowest BCUT2D eigenvalue weighted by Gasteiger charge is -2.15. The van der Waals surface area contributed by atoms with Gasteiger partial charge in [0.15, 0.2) is 11.6 Å². The Morgan fingerprint density at radius 1 is 1.21 bits per heavy atom. The fourth-order valence-corrected chi connectivity index (χ4v) is 2.08. The third kappa shape index (κ3) is 5.22. The normalized spacial score (nSPS) is 11.6. The van der Waals surface area contributed by atoms with Gasteiger partial charge in [-0.25, -0.2) is 13.6 Å². The number of carbonyl (C=O) groups is 1. The van der Waals surface area contributed by atoms with Crippen LogP contribution in [0.5, 0.6) is 5.75 Å². The molecule has 0 aliphatic rings. The van der Waals surface area contributed by atoms with E-state index >= 15 is 0 Å². The number of amides is 1.